The number of amides is 2. The number of nitrogens with zero attached hydrogens (tertiary/aromatic N) is 1. The van der Waals surface area contributed by atoms with Crippen molar-refractivity contribution in [3.8, 4) is 0 Å². The third kappa shape index (κ3) is 7.69. The zero-order valence-electron chi connectivity index (χ0n) is 17.1. The van der Waals surface area contributed by atoms with Crippen LogP contribution in [-0.4, -0.2) is 34.6 Å². The molecule has 2 aromatic rings. The Morgan fingerprint density at radius 1 is 0.967 bits per heavy atom. The number of hydrogen-bond acceptors (Lipinski definition) is 3. The lowest BCUT2D eigenvalue weighted by Gasteiger charge is -2.29. The zero-order chi connectivity index (χ0) is 22.3. The fourth-order valence-corrected chi connectivity index (χ4v) is 4.06. The minimum Gasteiger partial charge on any atom is -0.352 e. The van der Waals surface area contributed by atoms with E-state index in [1.165, 1.54) is 11.8 Å². The summed E-state index contributed by atoms with van der Waals surface area (Å²) in [5.74, 6) is 0.617. The average molecular weight is 488 g/mol. The molecular weight excluding hydrogens is 463 g/mol. The minimum atomic E-state index is -0.620. The van der Waals surface area contributed by atoms with E-state index in [1.807, 2.05) is 44.2 Å². The Kier molecular flexibility index (Phi) is 9.82. The first-order valence-electron chi connectivity index (χ1n) is 9.53. The summed E-state index contributed by atoms with van der Waals surface area (Å²) in [5.41, 5.74) is 1.89. The van der Waals surface area contributed by atoms with Crippen LogP contribution in [0.3, 0.4) is 0 Å². The van der Waals surface area contributed by atoms with Crippen molar-refractivity contribution in [1.82, 2.24) is 10.2 Å². The van der Waals surface area contributed by atoms with Gasteiger partial charge >= 0.3 is 0 Å². The monoisotopic (exact) mass is 486 g/mol. The summed E-state index contributed by atoms with van der Waals surface area (Å²) in [4.78, 5) is 27.2. The van der Waals surface area contributed by atoms with E-state index in [0.29, 0.717) is 20.8 Å². The Bertz CT molecular complexity index is 875. The smallest absolute Gasteiger partial charge is 0.242 e. The summed E-state index contributed by atoms with van der Waals surface area (Å²) >= 11 is 19.5. The van der Waals surface area contributed by atoms with Crippen molar-refractivity contribution in [2.45, 2.75) is 45.2 Å². The van der Waals surface area contributed by atoms with Gasteiger partial charge in [-0.2, -0.15) is 0 Å². The summed E-state index contributed by atoms with van der Waals surface area (Å²) in [6.45, 7) is 5.77. The Morgan fingerprint density at radius 3 is 2.20 bits per heavy atom. The summed E-state index contributed by atoms with van der Waals surface area (Å²) < 4.78 is 0. The van der Waals surface area contributed by atoms with Crippen LogP contribution in [-0.2, 0) is 21.9 Å². The standard InChI is InChI=1S/C22H25Cl3N2O2S/c1-14(2)26-22(29)15(3)27(11-17-6-9-19(24)20(25)10-17)21(28)13-30-12-16-4-7-18(23)8-5-16/h4-10,14-15H,11-13H2,1-3H3,(H,26,29). The van der Waals surface area contributed by atoms with Gasteiger partial charge in [-0.25, -0.2) is 0 Å². The van der Waals surface area contributed by atoms with E-state index in [-0.39, 0.29) is 30.2 Å². The third-order valence-electron chi connectivity index (χ3n) is 4.34. The average Bonchev–Trinajstić information content (AvgIpc) is 2.69. The number of benzene rings is 2. The largest absolute Gasteiger partial charge is 0.352 e. The van der Waals surface area contributed by atoms with Gasteiger partial charge in [0.2, 0.25) is 11.8 Å². The van der Waals surface area contributed by atoms with Gasteiger partial charge in [0.1, 0.15) is 6.04 Å². The normalized spacial score (nSPS) is 12.0. The molecule has 0 aromatic heterocycles. The molecular formula is C22H25Cl3N2O2S. The van der Waals surface area contributed by atoms with Gasteiger partial charge in [0.05, 0.1) is 15.8 Å². The molecule has 30 heavy (non-hydrogen) atoms. The maximum absolute atomic E-state index is 13.0. The molecule has 8 heteroatoms. The van der Waals surface area contributed by atoms with E-state index in [0.717, 1.165) is 11.1 Å². The summed E-state index contributed by atoms with van der Waals surface area (Å²) in [6.07, 6.45) is 0. The Morgan fingerprint density at radius 2 is 1.60 bits per heavy atom. The van der Waals surface area contributed by atoms with Crippen LogP contribution in [0.5, 0.6) is 0 Å². The van der Waals surface area contributed by atoms with E-state index in [1.54, 1.807) is 24.0 Å². The van der Waals surface area contributed by atoms with Gasteiger partial charge in [0, 0.05) is 23.4 Å². The lowest BCUT2D eigenvalue weighted by atomic mass is 10.1. The molecule has 1 atom stereocenters. The minimum absolute atomic E-state index is 0.0128. The summed E-state index contributed by atoms with van der Waals surface area (Å²) in [5, 5.41) is 4.41. The Labute approximate surface area is 197 Å². The number of nitrogens with one attached hydrogen (secondary N) is 1. The lowest BCUT2D eigenvalue weighted by Crippen LogP contribution is -2.49. The van der Waals surface area contributed by atoms with Gasteiger partial charge in [-0.3, -0.25) is 9.59 Å². The molecule has 0 bridgehead atoms. The van der Waals surface area contributed by atoms with Crippen LogP contribution in [0.25, 0.3) is 0 Å². The molecule has 0 spiro atoms. The van der Waals surface area contributed by atoms with E-state index < -0.39 is 6.04 Å². The first-order chi connectivity index (χ1) is 14.2. The number of rotatable bonds is 9. The van der Waals surface area contributed by atoms with Gasteiger partial charge in [0.15, 0.2) is 0 Å². The predicted molar refractivity (Wildman–Crippen MR) is 127 cm³/mol. The molecule has 1 N–H and O–H groups in total. The molecule has 0 heterocycles. The second-order valence-corrected chi connectivity index (χ2v) is 9.47. The molecule has 2 aromatic carbocycles. The second kappa shape index (κ2) is 11.8. The van der Waals surface area contributed by atoms with E-state index in [2.05, 4.69) is 5.32 Å². The van der Waals surface area contributed by atoms with Crippen molar-refractivity contribution >= 4 is 58.4 Å². The van der Waals surface area contributed by atoms with E-state index in [4.69, 9.17) is 34.8 Å². The highest BCUT2D eigenvalue weighted by atomic mass is 35.5. The lowest BCUT2D eigenvalue weighted by molar-refractivity contribution is -0.138. The number of halogens is 3. The number of thioether (sulfide) groups is 1. The van der Waals surface area contributed by atoms with Crippen LogP contribution < -0.4 is 5.32 Å². The quantitative estimate of drug-likeness (QED) is 0.485. The van der Waals surface area contributed by atoms with E-state index >= 15 is 0 Å². The highest BCUT2D eigenvalue weighted by Crippen LogP contribution is 2.24. The number of carbonyl (C=O) groups excluding carboxylic acids is 2. The molecule has 0 radical (unpaired) electrons. The van der Waals surface area contributed by atoms with Gasteiger partial charge in [-0.1, -0.05) is 53.0 Å². The maximum Gasteiger partial charge on any atom is 0.242 e. The zero-order valence-corrected chi connectivity index (χ0v) is 20.2. The maximum atomic E-state index is 13.0. The SMILES string of the molecule is CC(C)NC(=O)C(C)N(Cc1ccc(Cl)c(Cl)c1)C(=O)CSCc1ccc(Cl)cc1. The number of carbonyl (C=O) groups is 2. The van der Waals surface area contributed by atoms with Crippen molar-refractivity contribution in [2.75, 3.05) is 5.75 Å². The van der Waals surface area contributed by atoms with Crippen LogP contribution >= 0.6 is 46.6 Å². The molecule has 4 nitrogen and oxygen atoms in total. The highest BCUT2D eigenvalue weighted by Gasteiger charge is 2.26. The van der Waals surface area contributed by atoms with Crippen LogP contribution in [0, 0.1) is 0 Å². The first-order valence-corrected chi connectivity index (χ1v) is 11.8. The molecule has 0 fully saturated rings. The van der Waals surface area contributed by atoms with Crippen molar-refractivity contribution in [1.29, 1.82) is 0 Å². The Hall–Kier alpha value is -1.40. The van der Waals surface area contributed by atoms with Crippen LogP contribution in [0.4, 0.5) is 0 Å². The molecule has 0 aliphatic heterocycles. The fraction of sp³-hybridized carbons (Fsp3) is 0.364. The summed E-state index contributed by atoms with van der Waals surface area (Å²) in [6, 6.07) is 12.1. The molecule has 0 saturated heterocycles. The topological polar surface area (TPSA) is 49.4 Å². The molecule has 162 valence electrons. The van der Waals surface area contributed by atoms with Crippen molar-refractivity contribution in [3.63, 3.8) is 0 Å². The van der Waals surface area contributed by atoms with Gasteiger partial charge in [-0.15, -0.1) is 11.8 Å². The highest BCUT2D eigenvalue weighted by molar-refractivity contribution is 7.99. The molecule has 1 unspecified atom stereocenters. The third-order valence-corrected chi connectivity index (χ3v) is 6.32. The molecule has 2 amide bonds. The summed E-state index contributed by atoms with van der Waals surface area (Å²) in [7, 11) is 0. The van der Waals surface area contributed by atoms with E-state index in [9.17, 15) is 9.59 Å². The van der Waals surface area contributed by atoms with Crippen LogP contribution in [0.2, 0.25) is 15.1 Å². The van der Waals surface area contributed by atoms with Crippen molar-refractivity contribution in [2.24, 2.45) is 0 Å². The molecule has 0 aliphatic carbocycles. The number of hydrogen-bond donors (Lipinski definition) is 1. The molecule has 0 saturated carbocycles. The molecule has 2 rings (SSSR count). The van der Waals surface area contributed by atoms with Crippen molar-refractivity contribution < 1.29 is 9.59 Å². The predicted octanol–water partition coefficient (Wildman–Crippen LogP) is 5.82. The first kappa shape index (κ1) is 24.9. The fourth-order valence-electron chi connectivity index (χ4n) is 2.74. The van der Waals surface area contributed by atoms with Crippen LogP contribution in [0.1, 0.15) is 31.9 Å². The van der Waals surface area contributed by atoms with Gasteiger partial charge < -0.3 is 10.2 Å². The Balaban J connectivity index is 2.09. The molecule has 0 aliphatic rings. The van der Waals surface area contributed by atoms with Gasteiger partial charge in [-0.05, 0) is 56.2 Å². The van der Waals surface area contributed by atoms with Crippen molar-refractivity contribution in [3.05, 3.63) is 68.7 Å². The van der Waals surface area contributed by atoms with Gasteiger partial charge in [0.25, 0.3) is 0 Å². The van der Waals surface area contributed by atoms with Crippen LogP contribution in [0.15, 0.2) is 42.5 Å². The second-order valence-electron chi connectivity index (χ2n) is 7.23.